The van der Waals surface area contributed by atoms with Gasteiger partial charge >= 0.3 is 6.09 Å². The maximum absolute atomic E-state index is 13.5. The van der Waals surface area contributed by atoms with Crippen LogP contribution in [0.15, 0.2) is 30.3 Å². The summed E-state index contributed by atoms with van der Waals surface area (Å²) in [5, 5.41) is 10.7. The predicted molar refractivity (Wildman–Crippen MR) is 191 cm³/mol. The van der Waals surface area contributed by atoms with Crippen LogP contribution in [0.5, 0.6) is 5.75 Å². The number of benzene rings is 1. The summed E-state index contributed by atoms with van der Waals surface area (Å²) in [6.45, 7) is 17.8. The van der Waals surface area contributed by atoms with Gasteiger partial charge in [0.25, 0.3) is 0 Å². The number of aromatic nitrogens is 3. The van der Waals surface area contributed by atoms with Crippen LogP contribution < -0.4 is 9.64 Å². The zero-order valence-corrected chi connectivity index (χ0v) is 31.2. The lowest BCUT2D eigenvalue weighted by Gasteiger charge is -2.48. The molecule has 1 unspecified atom stereocenters. The van der Waals surface area contributed by atoms with Gasteiger partial charge in [0.15, 0.2) is 12.4 Å². The fraction of sp³-hybridized carbons (Fsp3) is 0.639. The van der Waals surface area contributed by atoms with E-state index < -0.39 is 13.7 Å². The van der Waals surface area contributed by atoms with Crippen LogP contribution in [0.1, 0.15) is 45.2 Å². The highest BCUT2D eigenvalue weighted by molar-refractivity contribution is 6.76. The quantitative estimate of drug-likeness (QED) is 0.132. The summed E-state index contributed by atoms with van der Waals surface area (Å²) >= 11 is 0. The van der Waals surface area contributed by atoms with Crippen molar-refractivity contribution in [1.82, 2.24) is 19.7 Å². The minimum atomic E-state index is -1.30. The van der Waals surface area contributed by atoms with Gasteiger partial charge in [-0.15, -0.1) is 10.2 Å². The smallest absolute Gasteiger partial charge is 0.410 e. The fourth-order valence-corrected chi connectivity index (χ4v) is 7.90. The van der Waals surface area contributed by atoms with E-state index in [1.54, 1.807) is 7.11 Å². The number of carbonyl (C=O) groups excluding carboxylic acids is 1. The summed E-state index contributed by atoms with van der Waals surface area (Å²) in [6.07, 6.45) is 1.22. The number of hydrogen-bond donors (Lipinski definition) is 0. The van der Waals surface area contributed by atoms with E-state index >= 15 is 0 Å². The molecule has 3 saturated heterocycles. The number of amides is 1. The number of hydrogen-bond acceptors (Lipinski definition) is 10. The highest BCUT2D eigenvalue weighted by Gasteiger charge is 2.46. The van der Waals surface area contributed by atoms with Gasteiger partial charge in [-0.3, -0.25) is 4.90 Å². The van der Waals surface area contributed by atoms with Gasteiger partial charge in [0.2, 0.25) is 0 Å². The van der Waals surface area contributed by atoms with Crippen molar-refractivity contribution in [2.75, 3.05) is 64.9 Å². The van der Waals surface area contributed by atoms with Gasteiger partial charge in [-0.2, -0.15) is 0 Å². The van der Waals surface area contributed by atoms with Gasteiger partial charge in [0, 0.05) is 57.4 Å². The Bertz CT molecular complexity index is 1580. The van der Waals surface area contributed by atoms with Crippen molar-refractivity contribution in [2.45, 2.75) is 89.6 Å². The first-order valence-electron chi connectivity index (χ1n) is 17.5. The molecule has 49 heavy (non-hydrogen) atoms. The molecule has 3 fully saturated rings. The fourth-order valence-electron chi connectivity index (χ4n) is 7.15. The van der Waals surface area contributed by atoms with E-state index in [-0.39, 0.29) is 30.9 Å². The van der Waals surface area contributed by atoms with Gasteiger partial charge in [0.05, 0.1) is 49.9 Å². The Morgan fingerprint density at radius 1 is 1.02 bits per heavy atom. The second kappa shape index (κ2) is 14.9. The number of rotatable bonds is 11. The number of nitrogens with zero attached hydrogens (tertiary/aromatic N) is 5. The monoisotopic (exact) mass is 695 g/mol. The number of morpholine rings is 2. The SMILES string of the molecule is COCOc1ccccc1-c1cc2c(N3CCOCC3)c(C3C[C@H]4COC[C@@H](C3)N4C(=O)OC(C)(C)C)n(COCC[Si](C)(C)C)c2nn1. The van der Waals surface area contributed by atoms with Crippen molar-refractivity contribution >= 4 is 30.9 Å². The molecule has 3 aliphatic rings. The minimum absolute atomic E-state index is 0.101. The molecule has 1 amide bonds. The first kappa shape index (κ1) is 35.6. The number of anilines is 1. The van der Waals surface area contributed by atoms with Crippen LogP contribution in [0.4, 0.5) is 10.5 Å². The molecule has 5 heterocycles. The molecule has 0 spiro atoms. The zero-order valence-electron chi connectivity index (χ0n) is 30.2. The van der Waals surface area contributed by atoms with Gasteiger partial charge < -0.3 is 37.9 Å². The standard InChI is InChI=1S/C36H53N5O7Si/c1-36(2,3)48-35(42)41-26-18-25(19-27(41)22-46-21-26)32-33(39-12-14-44-15-13-39)29-20-30(28-10-8-9-11-31(28)47-24-43-4)37-38-34(29)40(32)23-45-16-17-49(5,6)7/h8-11,20,25-27H,12-19,21-24H2,1-7H3/t25?,26-,27+. The molecule has 13 heteroatoms. The Labute approximate surface area is 290 Å². The van der Waals surface area contributed by atoms with Crippen LogP contribution in [-0.4, -0.2) is 112 Å². The van der Waals surface area contributed by atoms with Crippen LogP contribution in [0, 0.1) is 0 Å². The van der Waals surface area contributed by atoms with E-state index in [1.165, 1.54) is 5.69 Å². The summed E-state index contributed by atoms with van der Waals surface area (Å²) in [5.41, 5.74) is 4.12. The van der Waals surface area contributed by atoms with Crippen LogP contribution in [-0.2, 0) is 30.4 Å². The summed E-state index contributed by atoms with van der Waals surface area (Å²) in [7, 11) is 0.312. The first-order valence-corrected chi connectivity index (χ1v) is 21.2. The van der Waals surface area contributed by atoms with Crippen molar-refractivity contribution in [3.05, 3.63) is 36.0 Å². The molecular formula is C36H53N5O7Si. The van der Waals surface area contributed by atoms with E-state index in [4.69, 9.17) is 38.6 Å². The van der Waals surface area contributed by atoms with Crippen molar-refractivity contribution < 1.29 is 33.2 Å². The van der Waals surface area contributed by atoms with Gasteiger partial charge in [-0.05, 0) is 57.9 Å². The Morgan fingerprint density at radius 3 is 2.41 bits per heavy atom. The molecular weight excluding hydrogens is 643 g/mol. The molecule has 2 bridgehead atoms. The van der Waals surface area contributed by atoms with Gasteiger partial charge in [0.1, 0.15) is 18.1 Å². The van der Waals surface area contributed by atoms with Crippen molar-refractivity contribution in [3.63, 3.8) is 0 Å². The molecule has 3 atom stereocenters. The first-order chi connectivity index (χ1) is 23.4. The van der Waals surface area contributed by atoms with Gasteiger partial charge in [-0.1, -0.05) is 31.8 Å². The number of para-hydroxylation sites is 1. The molecule has 0 radical (unpaired) electrons. The number of ether oxygens (including phenoxy) is 6. The van der Waals surface area contributed by atoms with E-state index in [0.29, 0.717) is 45.5 Å². The predicted octanol–water partition coefficient (Wildman–Crippen LogP) is 6.11. The Balaban J connectivity index is 1.45. The molecule has 0 N–H and O–H groups in total. The number of carbonyl (C=O) groups is 1. The normalized spacial score (nSPS) is 21.7. The lowest BCUT2D eigenvalue weighted by Crippen LogP contribution is -2.59. The molecule has 3 aliphatic heterocycles. The number of piperidine rings is 1. The molecule has 0 saturated carbocycles. The second-order valence-corrected chi connectivity index (χ2v) is 21.1. The lowest BCUT2D eigenvalue weighted by atomic mass is 9.82. The van der Waals surface area contributed by atoms with Crippen molar-refractivity contribution in [2.24, 2.45) is 0 Å². The Kier molecular flexibility index (Phi) is 10.8. The van der Waals surface area contributed by atoms with Crippen molar-refractivity contribution in [3.8, 4) is 17.0 Å². The molecule has 3 aromatic rings. The third-order valence-corrected chi connectivity index (χ3v) is 11.1. The largest absolute Gasteiger partial charge is 0.467 e. The van der Waals surface area contributed by atoms with E-state index in [2.05, 4.69) is 35.2 Å². The van der Waals surface area contributed by atoms with E-state index in [9.17, 15) is 4.79 Å². The van der Waals surface area contributed by atoms with Crippen LogP contribution in [0.2, 0.25) is 25.7 Å². The van der Waals surface area contributed by atoms with Crippen LogP contribution in [0.3, 0.4) is 0 Å². The zero-order chi connectivity index (χ0) is 34.8. The third-order valence-electron chi connectivity index (χ3n) is 9.37. The number of methoxy groups -OCH3 is 1. The number of fused-ring (bicyclic) bond motifs is 3. The maximum Gasteiger partial charge on any atom is 0.410 e. The van der Waals surface area contributed by atoms with E-state index in [1.807, 2.05) is 49.9 Å². The molecule has 1 aromatic carbocycles. The average molecular weight is 696 g/mol. The average Bonchev–Trinajstić information content (AvgIpc) is 3.37. The summed E-state index contributed by atoms with van der Waals surface area (Å²) in [6, 6.07) is 10.9. The van der Waals surface area contributed by atoms with Crippen LogP contribution >= 0.6 is 0 Å². The van der Waals surface area contributed by atoms with Gasteiger partial charge in [-0.25, -0.2) is 4.79 Å². The Morgan fingerprint density at radius 2 is 1.73 bits per heavy atom. The lowest BCUT2D eigenvalue weighted by molar-refractivity contribution is -0.0831. The molecule has 2 aromatic heterocycles. The molecule has 12 nitrogen and oxygen atoms in total. The maximum atomic E-state index is 13.5. The molecule has 0 aliphatic carbocycles. The third kappa shape index (κ3) is 8.23. The topological polar surface area (TPSA) is 110 Å². The summed E-state index contributed by atoms with van der Waals surface area (Å²) < 4.78 is 37.6. The molecule has 6 rings (SSSR count). The van der Waals surface area contributed by atoms with Crippen molar-refractivity contribution in [1.29, 1.82) is 0 Å². The van der Waals surface area contributed by atoms with Crippen LogP contribution in [0.25, 0.3) is 22.3 Å². The highest BCUT2D eigenvalue weighted by atomic mass is 28.3. The Hall–Kier alpha value is -3.23. The molecule has 268 valence electrons. The summed E-state index contributed by atoms with van der Waals surface area (Å²) in [4.78, 5) is 17.9. The second-order valence-electron chi connectivity index (χ2n) is 15.5. The highest BCUT2D eigenvalue weighted by Crippen LogP contribution is 2.46. The summed E-state index contributed by atoms with van der Waals surface area (Å²) in [5.74, 6) is 0.814. The van der Waals surface area contributed by atoms with E-state index in [0.717, 1.165) is 60.0 Å². The minimum Gasteiger partial charge on any atom is -0.467 e.